The highest BCUT2D eigenvalue weighted by molar-refractivity contribution is 4.61. The molecule has 1 fully saturated rings. The zero-order valence-corrected chi connectivity index (χ0v) is 9.39. The molecule has 0 aromatic carbocycles. The standard InChI is InChI=1S/C7H15N.C4H11N/c1-2-8-6-4-3-5-7-8;1-2-3-4-5/h2-7H2,1H3;2-5H2,1H3. The third kappa shape index (κ3) is 8.26. The number of hydrogen-bond acceptors (Lipinski definition) is 2. The van der Waals surface area contributed by atoms with Crippen LogP contribution in [0.3, 0.4) is 0 Å². The third-order valence-electron chi connectivity index (χ3n) is 2.45. The summed E-state index contributed by atoms with van der Waals surface area (Å²) in [7, 11) is 0. The fourth-order valence-electron chi connectivity index (χ4n) is 1.48. The largest absolute Gasteiger partial charge is 0.330 e. The minimum atomic E-state index is 0.844. The third-order valence-corrected chi connectivity index (χ3v) is 2.45. The lowest BCUT2D eigenvalue weighted by Crippen LogP contribution is -2.29. The first-order chi connectivity index (χ1) is 6.35. The number of nitrogens with zero attached hydrogens (tertiary/aromatic N) is 1. The molecule has 1 heterocycles. The van der Waals surface area contributed by atoms with Crippen molar-refractivity contribution < 1.29 is 0 Å². The number of nitrogens with two attached hydrogens (primary N) is 1. The Bertz CT molecular complexity index is 86.1. The van der Waals surface area contributed by atoms with E-state index in [0.29, 0.717) is 0 Å². The predicted octanol–water partition coefficient (Wildman–Crippen LogP) is 2.24. The first-order valence-corrected chi connectivity index (χ1v) is 5.77. The molecule has 0 amide bonds. The molecule has 80 valence electrons. The Morgan fingerprint density at radius 1 is 1.08 bits per heavy atom. The maximum Gasteiger partial charge on any atom is -0.00188 e. The van der Waals surface area contributed by atoms with E-state index in [1.165, 1.54) is 51.7 Å². The Hall–Kier alpha value is -0.0800. The summed E-state index contributed by atoms with van der Waals surface area (Å²) in [4.78, 5) is 2.52. The van der Waals surface area contributed by atoms with Crippen molar-refractivity contribution in [2.45, 2.75) is 46.0 Å². The molecule has 1 rings (SSSR count). The van der Waals surface area contributed by atoms with Crippen LogP contribution < -0.4 is 5.73 Å². The average molecular weight is 186 g/mol. The monoisotopic (exact) mass is 186 g/mol. The van der Waals surface area contributed by atoms with Crippen LogP contribution in [0.25, 0.3) is 0 Å². The van der Waals surface area contributed by atoms with E-state index < -0.39 is 0 Å². The van der Waals surface area contributed by atoms with Crippen molar-refractivity contribution in [2.75, 3.05) is 26.2 Å². The molecule has 1 aliphatic heterocycles. The summed E-state index contributed by atoms with van der Waals surface area (Å²) in [5.41, 5.74) is 5.14. The van der Waals surface area contributed by atoms with Crippen molar-refractivity contribution in [3.63, 3.8) is 0 Å². The maximum absolute atomic E-state index is 5.14. The highest BCUT2D eigenvalue weighted by Crippen LogP contribution is 2.06. The van der Waals surface area contributed by atoms with Crippen LogP contribution in [0, 0.1) is 0 Å². The molecule has 1 saturated heterocycles. The van der Waals surface area contributed by atoms with Gasteiger partial charge >= 0.3 is 0 Å². The van der Waals surface area contributed by atoms with E-state index in [-0.39, 0.29) is 0 Å². The SMILES string of the molecule is CCCCN.CCN1CCCCC1. The van der Waals surface area contributed by atoms with E-state index >= 15 is 0 Å². The summed E-state index contributed by atoms with van der Waals surface area (Å²) in [6.45, 7) is 9.15. The Labute approximate surface area is 83.5 Å². The molecule has 2 heteroatoms. The van der Waals surface area contributed by atoms with Gasteiger partial charge in [-0.15, -0.1) is 0 Å². The van der Waals surface area contributed by atoms with Gasteiger partial charge in [-0.05, 0) is 45.4 Å². The van der Waals surface area contributed by atoms with Crippen molar-refractivity contribution in [2.24, 2.45) is 5.73 Å². The topological polar surface area (TPSA) is 29.3 Å². The van der Waals surface area contributed by atoms with Gasteiger partial charge in [0.15, 0.2) is 0 Å². The summed E-state index contributed by atoms with van der Waals surface area (Å²) >= 11 is 0. The van der Waals surface area contributed by atoms with E-state index in [9.17, 15) is 0 Å². The summed E-state index contributed by atoms with van der Waals surface area (Å²) < 4.78 is 0. The molecule has 0 aliphatic carbocycles. The van der Waals surface area contributed by atoms with Crippen LogP contribution >= 0.6 is 0 Å². The van der Waals surface area contributed by atoms with E-state index in [4.69, 9.17) is 5.73 Å². The van der Waals surface area contributed by atoms with Crippen molar-refractivity contribution in [1.29, 1.82) is 0 Å². The van der Waals surface area contributed by atoms with Gasteiger partial charge in [-0.1, -0.05) is 26.7 Å². The highest BCUT2D eigenvalue weighted by atomic mass is 15.1. The van der Waals surface area contributed by atoms with Gasteiger partial charge in [0.1, 0.15) is 0 Å². The van der Waals surface area contributed by atoms with Crippen molar-refractivity contribution in [3.8, 4) is 0 Å². The van der Waals surface area contributed by atoms with Gasteiger partial charge in [0.2, 0.25) is 0 Å². The molecule has 0 spiro atoms. The van der Waals surface area contributed by atoms with Crippen LogP contribution in [0.4, 0.5) is 0 Å². The van der Waals surface area contributed by atoms with Crippen LogP contribution in [0.1, 0.15) is 46.0 Å². The first kappa shape index (κ1) is 12.9. The molecule has 1 aliphatic rings. The zero-order valence-electron chi connectivity index (χ0n) is 9.39. The van der Waals surface area contributed by atoms with E-state index in [0.717, 1.165) is 6.54 Å². The first-order valence-electron chi connectivity index (χ1n) is 5.77. The molecular formula is C11H26N2. The normalized spacial score (nSPS) is 17.8. The van der Waals surface area contributed by atoms with E-state index in [1.54, 1.807) is 0 Å². The van der Waals surface area contributed by atoms with Crippen molar-refractivity contribution >= 4 is 0 Å². The van der Waals surface area contributed by atoms with Crippen LogP contribution in [0.5, 0.6) is 0 Å². The van der Waals surface area contributed by atoms with Gasteiger partial charge in [-0.25, -0.2) is 0 Å². The molecule has 0 aromatic heterocycles. The van der Waals surface area contributed by atoms with Gasteiger partial charge < -0.3 is 10.6 Å². The lowest BCUT2D eigenvalue weighted by molar-refractivity contribution is 0.240. The van der Waals surface area contributed by atoms with Gasteiger partial charge in [0.25, 0.3) is 0 Å². The highest BCUT2D eigenvalue weighted by Gasteiger charge is 2.05. The quantitative estimate of drug-likeness (QED) is 0.732. The van der Waals surface area contributed by atoms with Crippen molar-refractivity contribution in [1.82, 2.24) is 4.90 Å². The van der Waals surface area contributed by atoms with Crippen LogP contribution in [-0.2, 0) is 0 Å². The number of hydrogen-bond donors (Lipinski definition) is 1. The molecule has 0 atom stereocenters. The summed E-state index contributed by atoms with van der Waals surface area (Å²) in [5, 5.41) is 0. The van der Waals surface area contributed by atoms with Crippen LogP contribution in [-0.4, -0.2) is 31.1 Å². The Kier molecular flexibility index (Phi) is 9.94. The fourth-order valence-corrected chi connectivity index (χ4v) is 1.48. The zero-order chi connectivity index (χ0) is 9.94. The second-order valence-corrected chi connectivity index (χ2v) is 3.64. The van der Waals surface area contributed by atoms with Gasteiger partial charge in [-0.3, -0.25) is 0 Å². The summed E-state index contributed by atoms with van der Waals surface area (Å²) in [6.07, 6.45) is 6.69. The summed E-state index contributed by atoms with van der Waals surface area (Å²) in [6, 6.07) is 0. The smallest absolute Gasteiger partial charge is 0.00188 e. The van der Waals surface area contributed by atoms with Gasteiger partial charge in [0.05, 0.1) is 0 Å². The van der Waals surface area contributed by atoms with E-state index in [1.807, 2.05) is 0 Å². The molecule has 0 saturated carbocycles. The molecule has 0 radical (unpaired) electrons. The Balaban J connectivity index is 0.000000252. The van der Waals surface area contributed by atoms with Crippen LogP contribution in [0.2, 0.25) is 0 Å². The number of unbranched alkanes of at least 4 members (excludes halogenated alkanes) is 1. The molecule has 2 N–H and O–H groups in total. The fraction of sp³-hybridized carbons (Fsp3) is 1.00. The van der Waals surface area contributed by atoms with E-state index in [2.05, 4.69) is 18.7 Å². The second-order valence-electron chi connectivity index (χ2n) is 3.64. The number of rotatable bonds is 3. The molecule has 0 bridgehead atoms. The lowest BCUT2D eigenvalue weighted by atomic mass is 10.1. The molecule has 0 unspecified atom stereocenters. The van der Waals surface area contributed by atoms with Crippen LogP contribution in [0.15, 0.2) is 0 Å². The molecule has 2 nitrogen and oxygen atoms in total. The molecular weight excluding hydrogens is 160 g/mol. The average Bonchev–Trinajstić information content (AvgIpc) is 2.21. The van der Waals surface area contributed by atoms with Gasteiger partial charge in [0, 0.05) is 0 Å². The number of piperidine rings is 1. The minimum absolute atomic E-state index is 0.844. The Morgan fingerprint density at radius 3 is 1.92 bits per heavy atom. The molecule has 13 heavy (non-hydrogen) atoms. The maximum atomic E-state index is 5.14. The number of likely N-dealkylation sites (tertiary alicyclic amines) is 1. The van der Waals surface area contributed by atoms with Crippen molar-refractivity contribution in [3.05, 3.63) is 0 Å². The molecule has 0 aromatic rings. The predicted molar refractivity (Wildman–Crippen MR) is 59.9 cm³/mol. The van der Waals surface area contributed by atoms with Gasteiger partial charge in [-0.2, -0.15) is 0 Å². The lowest BCUT2D eigenvalue weighted by Gasteiger charge is -2.24. The second kappa shape index (κ2) is 10.0. The Morgan fingerprint density at radius 2 is 1.69 bits per heavy atom. The summed E-state index contributed by atoms with van der Waals surface area (Å²) in [5.74, 6) is 0. The minimum Gasteiger partial charge on any atom is -0.330 e.